The molecule has 3 aromatic rings. The van der Waals surface area contributed by atoms with E-state index in [0.29, 0.717) is 40.8 Å². The molecular weight excluding hydrogens is 552 g/mol. The fraction of sp³-hybridized carbons (Fsp3) is 0.438. The van der Waals surface area contributed by atoms with Crippen LogP contribution in [0.3, 0.4) is 0 Å². The molecule has 1 fully saturated rings. The number of rotatable bonds is 12. The summed E-state index contributed by atoms with van der Waals surface area (Å²) in [5.41, 5.74) is 10.8. The summed E-state index contributed by atoms with van der Waals surface area (Å²) in [4.78, 5) is 37.5. The molecule has 224 valence electrons. The maximum atomic E-state index is 12.8. The Morgan fingerprint density at radius 1 is 1.14 bits per heavy atom. The largest absolute Gasteiger partial charge is 0.484 e. The summed E-state index contributed by atoms with van der Waals surface area (Å²) in [6, 6.07) is 12.3. The second-order valence-electron chi connectivity index (χ2n) is 11.1. The number of benzene rings is 1. The van der Waals surface area contributed by atoms with Crippen molar-refractivity contribution in [2.45, 2.75) is 65.6 Å². The summed E-state index contributed by atoms with van der Waals surface area (Å²) in [7, 11) is 0. The average Bonchev–Trinajstić information content (AvgIpc) is 2.95. The zero-order valence-electron chi connectivity index (χ0n) is 24.9. The van der Waals surface area contributed by atoms with Crippen molar-refractivity contribution in [3.8, 4) is 5.75 Å². The topological polar surface area (TPSA) is 114 Å². The highest BCUT2D eigenvalue weighted by atomic mass is 35.5. The number of aryl methyl sites for hydroxylation is 3. The van der Waals surface area contributed by atoms with Gasteiger partial charge in [-0.05, 0) is 100 Å². The predicted molar refractivity (Wildman–Crippen MR) is 166 cm³/mol. The molecule has 42 heavy (non-hydrogen) atoms. The second kappa shape index (κ2) is 14.5. The van der Waals surface area contributed by atoms with Gasteiger partial charge >= 0.3 is 0 Å². The SMILES string of the molecule is Cc1ccncc1CN(c1ccc(OCC(N)=O)cc1)C1CCN([C@H](C)CCNC(=O)c2c(C)cc(Cl)nc2C)CC1. The molecule has 4 rings (SSSR count). The third-order valence-electron chi connectivity index (χ3n) is 8.04. The van der Waals surface area contributed by atoms with Gasteiger partial charge in [0.15, 0.2) is 6.61 Å². The van der Waals surface area contributed by atoms with Crippen LogP contribution >= 0.6 is 11.6 Å². The standard InChI is InChI=1S/C32H41ClN6O3/c1-21-9-13-35-18-25(21)19-39(26-5-7-28(8-6-26)42-20-30(34)40)27-11-15-38(16-12-27)23(3)10-14-36-32(41)31-22(2)17-29(33)37-24(31)4/h5-9,13,17-18,23,27H,10-12,14-16,19-20H2,1-4H3,(H2,34,40)(H,36,41)/t23-/m1/s1. The van der Waals surface area contributed by atoms with Crippen LogP contribution in [0.2, 0.25) is 5.15 Å². The zero-order chi connectivity index (χ0) is 30.2. The van der Waals surface area contributed by atoms with Gasteiger partial charge in [0.1, 0.15) is 10.9 Å². The number of ether oxygens (including phenoxy) is 1. The molecule has 0 bridgehead atoms. The summed E-state index contributed by atoms with van der Waals surface area (Å²) in [5, 5.41) is 3.47. The molecule has 0 saturated carbocycles. The monoisotopic (exact) mass is 592 g/mol. The maximum absolute atomic E-state index is 12.8. The number of pyridine rings is 2. The molecule has 3 N–H and O–H groups in total. The third-order valence-corrected chi connectivity index (χ3v) is 8.24. The van der Waals surface area contributed by atoms with E-state index in [9.17, 15) is 9.59 Å². The van der Waals surface area contributed by atoms with Crippen molar-refractivity contribution < 1.29 is 14.3 Å². The van der Waals surface area contributed by atoms with Crippen LogP contribution in [0, 0.1) is 20.8 Å². The van der Waals surface area contributed by atoms with E-state index in [2.05, 4.69) is 38.9 Å². The fourth-order valence-corrected chi connectivity index (χ4v) is 5.89. The van der Waals surface area contributed by atoms with Crippen molar-refractivity contribution in [3.05, 3.63) is 81.9 Å². The van der Waals surface area contributed by atoms with Gasteiger partial charge < -0.3 is 25.6 Å². The lowest BCUT2D eigenvalue weighted by atomic mass is 9.99. The molecule has 10 heteroatoms. The molecule has 1 saturated heterocycles. The maximum Gasteiger partial charge on any atom is 0.255 e. The number of nitrogens with one attached hydrogen (secondary N) is 1. The number of hydrogen-bond donors (Lipinski definition) is 2. The summed E-state index contributed by atoms with van der Waals surface area (Å²) >= 11 is 6.02. The van der Waals surface area contributed by atoms with Crippen molar-refractivity contribution in [3.63, 3.8) is 0 Å². The number of nitrogens with two attached hydrogens (primary N) is 1. The van der Waals surface area contributed by atoms with E-state index in [1.54, 1.807) is 6.07 Å². The Labute approximate surface area is 253 Å². The molecule has 0 spiro atoms. The second-order valence-corrected chi connectivity index (χ2v) is 11.4. The number of likely N-dealkylation sites (tertiary alicyclic amines) is 1. The number of hydrogen-bond acceptors (Lipinski definition) is 7. The predicted octanol–water partition coefficient (Wildman–Crippen LogP) is 4.60. The highest BCUT2D eigenvalue weighted by Gasteiger charge is 2.28. The number of primary amides is 1. The van der Waals surface area contributed by atoms with Crippen LogP contribution in [-0.4, -0.2) is 65.0 Å². The molecule has 0 aliphatic carbocycles. The zero-order valence-corrected chi connectivity index (χ0v) is 25.7. The number of anilines is 1. The molecule has 1 aromatic carbocycles. The van der Waals surface area contributed by atoms with Crippen molar-refractivity contribution in [1.29, 1.82) is 0 Å². The van der Waals surface area contributed by atoms with E-state index < -0.39 is 5.91 Å². The molecule has 3 heterocycles. The van der Waals surface area contributed by atoms with Gasteiger partial charge in [0.05, 0.1) is 11.3 Å². The molecule has 1 aliphatic rings. The highest BCUT2D eigenvalue weighted by molar-refractivity contribution is 6.29. The molecule has 2 aromatic heterocycles. The molecule has 0 radical (unpaired) electrons. The lowest BCUT2D eigenvalue weighted by Gasteiger charge is -2.42. The molecule has 0 unspecified atom stereocenters. The first kappa shape index (κ1) is 31.3. The quantitative estimate of drug-likeness (QED) is 0.296. The van der Waals surface area contributed by atoms with Crippen LogP contribution in [0.1, 0.15) is 58.9 Å². The Hall–Kier alpha value is -3.69. The van der Waals surface area contributed by atoms with Gasteiger partial charge in [-0.3, -0.25) is 14.6 Å². The van der Waals surface area contributed by atoms with Gasteiger partial charge in [-0.25, -0.2) is 4.98 Å². The fourth-order valence-electron chi connectivity index (χ4n) is 5.60. The van der Waals surface area contributed by atoms with Crippen molar-refractivity contribution in [1.82, 2.24) is 20.2 Å². The number of aromatic nitrogens is 2. The minimum Gasteiger partial charge on any atom is -0.484 e. The molecule has 1 aliphatic heterocycles. The number of carbonyl (C=O) groups excluding carboxylic acids is 2. The van der Waals surface area contributed by atoms with Crippen molar-refractivity contribution in [2.75, 3.05) is 31.1 Å². The Morgan fingerprint density at radius 2 is 1.86 bits per heavy atom. The minimum absolute atomic E-state index is 0.104. The molecular formula is C32H41ClN6O3. The van der Waals surface area contributed by atoms with Crippen molar-refractivity contribution in [2.24, 2.45) is 5.73 Å². The van der Waals surface area contributed by atoms with Crippen LogP contribution < -0.4 is 20.7 Å². The van der Waals surface area contributed by atoms with Crippen LogP contribution in [0.5, 0.6) is 5.75 Å². The number of amides is 2. The smallest absolute Gasteiger partial charge is 0.255 e. The lowest BCUT2D eigenvalue weighted by molar-refractivity contribution is -0.119. The molecule has 1 atom stereocenters. The van der Waals surface area contributed by atoms with E-state index in [1.165, 1.54) is 11.1 Å². The average molecular weight is 593 g/mol. The van der Waals surface area contributed by atoms with Gasteiger partial charge in [-0.15, -0.1) is 0 Å². The first-order valence-electron chi connectivity index (χ1n) is 14.5. The Morgan fingerprint density at radius 3 is 2.50 bits per heavy atom. The summed E-state index contributed by atoms with van der Waals surface area (Å²) < 4.78 is 5.47. The number of carbonyl (C=O) groups is 2. The van der Waals surface area contributed by atoms with E-state index >= 15 is 0 Å². The van der Waals surface area contributed by atoms with E-state index in [1.807, 2.05) is 56.6 Å². The Bertz CT molecular complexity index is 1350. The minimum atomic E-state index is -0.500. The number of piperidine rings is 1. The summed E-state index contributed by atoms with van der Waals surface area (Å²) in [6.45, 7) is 11.2. The third kappa shape index (κ3) is 8.20. The highest BCUT2D eigenvalue weighted by Crippen LogP contribution is 2.29. The Kier molecular flexibility index (Phi) is 10.8. The van der Waals surface area contributed by atoms with Crippen LogP contribution in [0.15, 0.2) is 48.8 Å². The summed E-state index contributed by atoms with van der Waals surface area (Å²) in [5.74, 6) is 0.0103. The van der Waals surface area contributed by atoms with Crippen LogP contribution in [0.4, 0.5) is 5.69 Å². The van der Waals surface area contributed by atoms with Gasteiger partial charge in [-0.2, -0.15) is 0 Å². The van der Waals surface area contributed by atoms with Crippen molar-refractivity contribution >= 4 is 29.1 Å². The van der Waals surface area contributed by atoms with Crippen LogP contribution in [0.25, 0.3) is 0 Å². The van der Waals surface area contributed by atoms with Gasteiger partial charge in [0.25, 0.3) is 11.8 Å². The van der Waals surface area contributed by atoms with E-state index in [0.717, 1.165) is 50.1 Å². The lowest BCUT2D eigenvalue weighted by Crippen LogP contribution is -2.48. The summed E-state index contributed by atoms with van der Waals surface area (Å²) in [6.07, 6.45) is 6.67. The van der Waals surface area contributed by atoms with E-state index in [-0.39, 0.29) is 12.5 Å². The Balaban J connectivity index is 1.35. The first-order valence-corrected chi connectivity index (χ1v) is 14.8. The van der Waals surface area contributed by atoms with E-state index in [4.69, 9.17) is 22.1 Å². The molecule has 2 amide bonds. The number of halogens is 1. The van der Waals surface area contributed by atoms with Gasteiger partial charge in [0, 0.05) is 56.3 Å². The van der Waals surface area contributed by atoms with Gasteiger partial charge in [0.2, 0.25) is 0 Å². The molecule has 9 nitrogen and oxygen atoms in total. The van der Waals surface area contributed by atoms with Crippen LogP contribution in [-0.2, 0) is 11.3 Å². The van der Waals surface area contributed by atoms with Gasteiger partial charge in [-0.1, -0.05) is 11.6 Å². The first-order chi connectivity index (χ1) is 20.1. The normalized spacial score (nSPS) is 14.8. The number of nitrogens with zero attached hydrogens (tertiary/aromatic N) is 4.